The van der Waals surface area contributed by atoms with Crippen molar-refractivity contribution in [3.8, 4) is 0 Å². The van der Waals surface area contributed by atoms with E-state index in [9.17, 15) is 9.90 Å². The summed E-state index contributed by atoms with van der Waals surface area (Å²) in [6.07, 6.45) is 3.21. The van der Waals surface area contributed by atoms with Crippen molar-refractivity contribution >= 4 is 5.97 Å². The van der Waals surface area contributed by atoms with Crippen LogP contribution in [0.25, 0.3) is 0 Å². The third kappa shape index (κ3) is 2.92. The second-order valence-electron chi connectivity index (χ2n) is 4.15. The Morgan fingerprint density at radius 1 is 1.60 bits per heavy atom. The van der Waals surface area contributed by atoms with Crippen LogP contribution in [0.15, 0.2) is 0 Å². The molecule has 0 spiro atoms. The molecular formula is C11H21NO3. The molecule has 0 radical (unpaired) electrons. The molecule has 2 atom stereocenters. The molecule has 2 unspecified atom stereocenters. The number of carbonyl (C=O) groups is 1. The average molecular weight is 215 g/mol. The van der Waals surface area contributed by atoms with E-state index in [1.165, 1.54) is 0 Å². The first-order valence-electron chi connectivity index (χ1n) is 5.74. The Balaban J connectivity index is 2.52. The number of ether oxygens (including phenoxy) is 1. The Morgan fingerprint density at radius 2 is 2.33 bits per heavy atom. The van der Waals surface area contributed by atoms with Crippen LogP contribution in [0, 0.1) is 0 Å². The van der Waals surface area contributed by atoms with Crippen molar-refractivity contribution in [2.45, 2.75) is 51.2 Å². The van der Waals surface area contributed by atoms with Gasteiger partial charge in [0.05, 0.1) is 6.10 Å². The lowest BCUT2D eigenvalue weighted by atomic mass is 9.98. The highest BCUT2D eigenvalue weighted by Gasteiger charge is 2.45. The first-order chi connectivity index (χ1) is 7.14. The van der Waals surface area contributed by atoms with Gasteiger partial charge in [0.15, 0.2) is 0 Å². The minimum atomic E-state index is -0.744. The molecule has 0 bridgehead atoms. The zero-order valence-electron chi connectivity index (χ0n) is 9.58. The fourth-order valence-corrected chi connectivity index (χ4v) is 2.20. The van der Waals surface area contributed by atoms with E-state index in [0.29, 0.717) is 19.4 Å². The van der Waals surface area contributed by atoms with E-state index in [-0.39, 0.29) is 6.10 Å². The van der Waals surface area contributed by atoms with Gasteiger partial charge < -0.3 is 15.2 Å². The molecule has 0 heterocycles. The van der Waals surface area contributed by atoms with E-state index in [1.807, 2.05) is 6.92 Å². The number of aliphatic carboxylic acids is 1. The van der Waals surface area contributed by atoms with Gasteiger partial charge in [-0.2, -0.15) is 0 Å². The van der Waals surface area contributed by atoms with Gasteiger partial charge in [-0.3, -0.25) is 4.79 Å². The summed E-state index contributed by atoms with van der Waals surface area (Å²) in [5, 5.41) is 12.3. The average Bonchev–Trinajstić information content (AvgIpc) is 2.60. The molecule has 2 N–H and O–H groups in total. The zero-order chi connectivity index (χ0) is 11.3. The van der Waals surface area contributed by atoms with Gasteiger partial charge in [-0.05, 0) is 25.8 Å². The number of rotatable bonds is 6. The fourth-order valence-electron chi connectivity index (χ4n) is 2.20. The van der Waals surface area contributed by atoms with Gasteiger partial charge in [0, 0.05) is 13.0 Å². The van der Waals surface area contributed by atoms with Gasteiger partial charge in [0.25, 0.3) is 0 Å². The van der Waals surface area contributed by atoms with E-state index >= 15 is 0 Å². The van der Waals surface area contributed by atoms with Crippen LogP contribution < -0.4 is 5.32 Å². The summed E-state index contributed by atoms with van der Waals surface area (Å²) in [6, 6.07) is 0. The van der Waals surface area contributed by atoms with Crippen molar-refractivity contribution in [1.82, 2.24) is 5.32 Å². The molecule has 1 saturated carbocycles. The summed E-state index contributed by atoms with van der Waals surface area (Å²) in [6.45, 7) is 5.41. The first-order valence-corrected chi connectivity index (χ1v) is 5.74. The van der Waals surface area contributed by atoms with E-state index in [0.717, 1.165) is 19.4 Å². The minimum absolute atomic E-state index is 0.111. The Bertz CT molecular complexity index is 220. The highest BCUT2D eigenvalue weighted by atomic mass is 16.5. The van der Waals surface area contributed by atoms with Crippen LogP contribution in [0.1, 0.15) is 39.5 Å². The third-order valence-corrected chi connectivity index (χ3v) is 2.95. The molecule has 1 rings (SSSR count). The van der Waals surface area contributed by atoms with Crippen LogP contribution in [0.4, 0.5) is 0 Å². The molecule has 88 valence electrons. The topological polar surface area (TPSA) is 58.6 Å². The highest BCUT2D eigenvalue weighted by Crippen LogP contribution is 2.32. The largest absolute Gasteiger partial charge is 0.480 e. The molecule has 1 fully saturated rings. The number of nitrogens with one attached hydrogen (secondary N) is 1. The minimum Gasteiger partial charge on any atom is -0.480 e. The second kappa shape index (κ2) is 5.47. The molecule has 1 aliphatic carbocycles. The molecule has 0 aromatic rings. The van der Waals surface area contributed by atoms with Crippen molar-refractivity contribution in [1.29, 1.82) is 0 Å². The van der Waals surface area contributed by atoms with Gasteiger partial charge in [-0.15, -0.1) is 0 Å². The molecule has 1 aliphatic rings. The van der Waals surface area contributed by atoms with Crippen molar-refractivity contribution in [2.24, 2.45) is 0 Å². The van der Waals surface area contributed by atoms with Crippen LogP contribution in [0.2, 0.25) is 0 Å². The number of carboxylic acids is 1. The van der Waals surface area contributed by atoms with Crippen molar-refractivity contribution in [2.75, 3.05) is 13.2 Å². The van der Waals surface area contributed by atoms with Crippen molar-refractivity contribution in [3.63, 3.8) is 0 Å². The summed E-state index contributed by atoms with van der Waals surface area (Å²) in [4.78, 5) is 11.2. The van der Waals surface area contributed by atoms with Crippen LogP contribution >= 0.6 is 0 Å². The standard InChI is InChI=1S/C11H21NO3/c1-3-7-15-9-5-6-11(8-9,10(13)14)12-4-2/h9,12H,3-8H2,1-2H3,(H,13,14). The fraction of sp³-hybridized carbons (Fsp3) is 0.909. The van der Waals surface area contributed by atoms with Gasteiger partial charge >= 0.3 is 5.97 Å². The lowest BCUT2D eigenvalue weighted by Crippen LogP contribution is -2.50. The van der Waals surface area contributed by atoms with E-state index in [1.54, 1.807) is 0 Å². The molecule has 15 heavy (non-hydrogen) atoms. The molecule has 0 saturated heterocycles. The van der Waals surface area contributed by atoms with Gasteiger partial charge in [0.2, 0.25) is 0 Å². The Labute approximate surface area is 91.0 Å². The summed E-state index contributed by atoms with van der Waals surface area (Å²) in [5.74, 6) is -0.744. The van der Waals surface area contributed by atoms with Crippen LogP contribution in [0.3, 0.4) is 0 Å². The Morgan fingerprint density at radius 3 is 2.87 bits per heavy atom. The van der Waals surface area contributed by atoms with Crippen LogP contribution in [-0.2, 0) is 9.53 Å². The summed E-state index contributed by atoms with van der Waals surface area (Å²) >= 11 is 0. The number of hydrogen-bond donors (Lipinski definition) is 2. The van der Waals surface area contributed by atoms with Crippen LogP contribution in [0.5, 0.6) is 0 Å². The first kappa shape index (κ1) is 12.5. The highest BCUT2D eigenvalue weighted by molar-refractivity contribution is 5.79. The third-order valence-electron chi connectivity index (χ3n) is 2.95. The summed E-state index contributed by atoms with van der Waals surface area (Å²) in [7, 11) is 0. The van der Waals surface area contributed by atoms with Gasteiger partial charge in [-0.1, -0.05) is 13.8 Å². The molecule has 0 aromatic carbocycles. The maximum Gasteiger partial charge on any atom is 0.323 e. The summed E-state index contributed by atoms with van der Waals surface area (Å²) < 4.78 is 5.60. The second-order valence-corrected chi connectivity index (χ2v) is 4.15. The molecule has 0 amide bonds. The van der Waals surface area contributed by atoms with Crippen molar-refractivity contribution in [3.05, 3.63) is 0 Å². The van der Waals surface area contributed by atoms with Crippen LogP contribution in [-0.4, -0.2) is 35.9 Å². The van der Waals surface area contributed by atoms with E-state index in [4.69, 9.17) is 4.74 Å². The predicted octanol–water partition coefficient (Wildman–Crippen LogP) is 1.40. The SMILES string of the molecule is CCCOC1CCC(NCC)(C(=O)O)C1. The monoisotopic (exact) mass is 215 g/mol. The number of hydrogen-bond acceptors (Lipinski definition) is 3. The Hall–Kier alpha value is -0.610. The van der Waals surface area contributed by atoms with Crippen molar-refractivity contribution < 1.29 is 14.6 Å². The normalized spacial score (nSPS) is 30.7. The quantitative estimate of drug-likeness (QED) is 0.703. The summed E-state index contributed by atoms with van der Waals surface area (Å²) in [5.41, 5.74) is -0.743. The molecule has 4 nitrogen and oxygen atoms in total. The molecule has 0 aromatic heterocycles. The maximum atomic E-state index is 11.2. The Kier molecular flexibility index (Phi) is 4.54. The van der Waals surface area contributed by atoms with E-state index in [2.05, 4.69) is 12.2 Å². The van der Waals surface area contributed by atoms with Gasteiger partial charge in [0.1, 0.15) is 5.54 Å². The zero-order valence-corrected chi connectivity index (χ0v) is 9.58. The molecule has 0 aliphatic heterocycles. The molecule has 4 heteroatoms. The predicted molar refractivity (Wildman–Crippen MR) is 57.9 cm³/mol. The smallest absolute Gasteiger partial charge is 0.323 e. The number of carboxylic acid groups (broad SMARTS) is 1. The number of likely N-dealkylation sites (N-methyl/N-ethyl adjacent to an activating group) is 1. The van der Waals surface area contributed by atoms with Gasteiger partial charge in [-0.25, -0.2) is 0 Å². The lowest BCUT2D eigenvalue weighted by molar-refractivity contribution is -0.145. The van der Waals surface area contributed by atoms with E-state index < -0.39 is 11.5 Å². The maximum absolute atomic E-state index is 11.2. The lowest BCUT2D eigenvalue weighted by Gasteiger charge is -2.25. The molecular weight excluding hydrogens is 194 g/mol.